The maximum atomic E-state index is 2.50. The summed E-state index contributed by atoms with van der Waals surface area (Å²) in [6.07, 6.45) is 1.04. The first kappa shape index (κ1) is 20.2. The third-order valence-electron chi connectivity index (χ3n) is 5.74. The van der Waals surface area contributed by atoms with Gasteiger partial charge in [0.1, 0.15) is 0 Å². The molecule has 0 saturated heterocycles. The number of hydrogen-bond donors (Lipinski definition) is 0. The summed E-state index contributed by atoms with van der Waals surface area (Å²) >= 11 is 0. The molecule has 0 amide bonds. The second kappa shape index (κ2) is 8.36. The van der Waals surface area contributed by atoms with Crippen LogP contribution < -0.4 is 0 Å². The lowest BCUT2D eigenvalue weighted by atomic mass is 9.99. The van der Waals surface area contributed by atoms with Crippen molar-refractivity contribution in [1.29, 1.82) is 0 Å². The molecule has 0 aliphatic rings. The smallest absolute Gasteiger partial charge is 0.0609 e. The molecule has 152 valence electrons. The van der Waals surface area contributed by atoms with Crippen molar-refractivity contribution in [3.05, 3.63) is 101 Å². The fourth-order valence-corrected chi connectivity index (χ4v) is 4.17. The summed E-state index contributed by atoms with van der Waals surface area (Å²) in [5.41, 5.74) is 11.6. The van der Waals surface area contributed by atoms with Gasteiger partial charge in [-0.2, -0.15) is 0 Å². The topological polar surface area (TPSA) is 4.93 Å². The number of aromatic nitrogens is 1. The molecule has 0 aliphatic heterocycles. The van der Waals surface area contributed by atoms with E-state index in [1.54, 1.807) is 0 Å². The Kier molecular flexibility index (Phi) is 5.63. The van der Waals surface area contributed by atoms with Gasteiger partial charge >= 0.3 is 0 Å². The van der Waals surface area contributed by atoms with Gasteiger partial charge in [-0.25, -0.2) is 0 Å². The first-order chi connectivity index (χ1) is 14.4. The highest BCUT2D eigenvalue weighted by Crippen LogP contribution is 2.39. The SMILES string of the molecule is Cc1ccc(-c2cc(CC(C)C)n(-c3ccccc3C)c2-c2ccc(C)cc2)cc1. The Balaban J connectivity index is 2.06. The minimum atomic E-state index is 0.583. The van der Waals surface area contributed by atoms with Crippen molar-refractivity contribution in [2.75, 3.05) is 0 Å². The molecule has 0 radical (unpaired) electrons. The Morgan fingerprint density at radius 2 is 1.27 bits per heavy atom. The van der Waals surface area contributed by atoms with Crippen molar-refractivity contribution >= 4 is 0 Å². The summed E-state index contributed by atoms with van der Waals surface area (Å²) in [7, 11) is 0. The summed E-state index contributed by atoms with van der Waals surface area (Å²) in [5, 5.41) is 0. The zero-order valence-electron chi connectivity index (χ0n) is 18.7. The van der Waals surface area contributed by atoms with Crippen LogP contribution in [0.25, 0.3) is 28.1 Å². The van der Waals surface area contributed by atoms with Crippen LogP contribution in [0.1, 0.15) is 36.2 Å². The molecule has 0 aliphatic carbocycles. The van der Waals surface area contributed by atoms with Gasteiger partial charge in [0.25, 0.3) is 0 Å². The van der Waals surface area contributed by atoms with Gasteiger partial charge in [0.15, 0.2) is 0 Å². The minimum Gasteiger partial charge on any atom is -0.313 e. The van der Waals surface area contributed by atoms with E-state index in [-0.39, 0.29) is 0 Å². The van der Waals surface area contributed by atoms with Crippen LogP contribution in [0.3, 0.4) is 0 Å². The van der Waals surface area contributed by atoms with Gasteiger partial charge in [-0.05, 0) is 61.9 Å². The lowest BCUT2D eigenvalue weighted by molar-refractivity contribution is 0.627. The molecule has 4 aromatic rings. The van der Waals surface area contributed by atoms with Crippen molar-refractivity contribution in [3.63, 3.8) is 0 Å². The molecule has 0 atom stereocenters. The summed E-state index contributed by atoms with van der Waals surface area (Å²) in [5.74, 6) is 0.583. The van der Waals surface area contributed by atoms with E-state index in [9.17, 15) is 0 Å². The first-order valence-electron chi connectivity index (χ1n) is 10.9. The van der Waals surface area contributed by atoms with Gasteiger partial charge in [0.2, 0.25) is 0 Å². The zero-order chi connectivity index (χ0) is 21.3. The molecule has 0 spiro atoms. The summed E-state index contributed by atoms with van der Waals surface area (Å²) in [6, 6.07) is 29.0. The van der Waals surface area contributed by atoms with Crippen molar-refractivity contribution in [2.45, 2.75) is 41.0 Å². The third-order valence-corrected chi connectivity index (χ3v) is 5.74. The lowest BCUT2D eigenvalue weighted by Gasteiger charge is -2.18. The van der Waals surface area contributed by atoms with Crippen LogP contribution in [-0.4, -0.2) is 4.57 Å². The van der Waals surface area contributed by atoms with E-state index < -0.39 is 0 Å². The van der Waals surface area contributed by atoms with E-state index in [0.29, 0.717) is 5.92 Å². The van der Waals surface area contributed by atoms with Crippen LogP contribution in [-0.2, 0) is 6.42 Å². The molecule has 0 N–H and O–H groups in total. The van der Waals surface area contributed by atoms with Crippen LogP contribution >= 0.6 is 0 Å². The molecule has 0 bridgehead atoms. The maximum absolute atomic E-state index is 2.50. The number of nitrogens with zero attached hydrogens (tertiary/aromatic N) is 1. The summed E-state index contributed by atoms with van der Waals surface area (Å²) < 4.78 is 2.50. The van der Waals surface area contributed by atoms with Crippen LogP contribution in [0.15, 0.2) is 78.9 Å². The Labute approximate surface area is 181 Å². The Bertz CT molecular complexity index is 1140. The summed E-state index contributed by atoms with van der Waals surface area (Å²) in [4.78, 5) is 0. The van der Waals surface area contributed by atoms with Gasteiger partial charge in [-0.1, -0.05) is 91.7 Å². The highest BCUT2D eigenvalue weighted by atomic mass is 15.0. The Morgan fingerprint density at radius 3 is 1.83 bits per heavy atom. The standard InChI is InChI=1S/C29H31N/c1-20(2)18-26-19-27(24-14-10-21(3)11-15-24)29(25-16-12-22(4)13-17-25)30(26)28-9-7-6-8-23(28)5/h6-17,19-20H,18H2,1-5H3. The molecule has 1 heterocycles. The molecular weight excluding hydrogens is 362 g/mol. The molecular formula is C29H31N. The third kappa shape index (κ3) is 3.98. The van der Waals surface area contributed by atoms with E-state index >= 15 is 0 Å². The number of aryl methyl sites for hydroxylation is 3. The van der Waals surface area contributed by atoms with E-state index in [4.69, 9.17) is 0 Å². The molecule has 3 aromatic carbocycles. The zero-order valence-corrected chi connectivity index (χ0v) is 18.7. The average molecular weight is 394 g/mol. The van der Waals surface area contributed by atoms with Crippen LogP contribution in [0.2, 0.25) is 0 Å². The predicted molar refractivity (Wildman–Crippen MR) is 129 cm³/mol. The van der Waals surface area contributed by atoms with Crippen LogP contribution in [0, 0.1) is 26.7 Å². The van der Waals surface area contributed by atoms with E-state index in [2.05, 4.69) is 118 Å². The van der Waals surface area contributed by atoms with Gasteiger partial charge < -0.3 is 4.57 Å². The highest BCUT2D eigenvalue weighted by Gasteiger charge is 2.20. The van der Waals surface area contributed by atoms with Crippen molar-refractivity contribution in [2.24, 2.45) is 5.92 Å². The second-order valence-electron chi connectivity index (χ2n) is 8.85. The number of benzene rings is 3. The fourth-order valence-electron chi connectivity index (χ4n) is 4.17. The van der Waals surface area contributed by atoms with Crippen molar-refractivity contribution < 1.29 is 0 Å². The van der Waals surface area contributed by atoms with Gasteiger partial charge in [0, 0.05) is 16.9 Å². The van der Waals surface area contributed by atoms with Crippen LogP contribution in [0.5, 0.6) is 0 Å². The first-order valence-corrected chi connectivity index (χ1v) is 10.9. The quantitative estimate of drug-likeness (QED) is 0.324. The van der Waals surface area contributed by atoms with Gasteiger partial charge in [-0.15, -0.1) is 0 Å². The monoisotopic (exact) mass is 393 g/mol. The molecule has 30 heavy (non-hydrogen) atoms. The van der Waals surface area contributed by atoms with Crippen molar-refractivity contribution in [1.82, 2.24) is 4.57 Å². The highest BCUT2D eigenvalue weighted by molar-refractivity contribution is 5.84. The molecule has 0 unspecified atom stereocenters. The molecule has 1 nitrogen and oxygen atoms in total. The van der Waals surface area contributed by atoms with Crippen molar-refractivity contribution in [3.8, 4) is 28.1 Å². The predicted octanol–water partition coefficient (Wildman–Crippen LogP) is 7.94. The van der Waals surface area contributed by atoms with E-state index in [1.807, 2.05) is 0 Å². The Morgan fingerprint density at radius 1 is 0.700 bits per heavy atom. The van der Waals surface area contributed by atoms with Gasteiger partial charge in [0.05, 0.1) is 5.69 Å². The maximum Gasteiger partial charge on any atom is 0.0609 e. The molecule has 1 heteroatoms. The fraction of sp³-hybridized carbons (Fsp3) is 0.241. The Hall–Kier alpha value is -3.06. The minimum absolute atomic E-state index is 0.583. The average Bonchev–Trinajstić information content (AvgIpc) is 3.07. The normalized spacial score (nSPS) is 11.3. The number of para-hydroxylation sites is 1. The van der Waals surface area contributed by atoms with Crippen LogP contribution in [0.4, 0.5) is 0 Å². The summed E-state index contributed by atoms with van der Waals surface area (Å²) in [6.45, 7) is 11.1. The number of rotatable bonds is 5. The molecule has 0 saturated carbocycles. The molecule has 1 aromatic heterocycles. The lowest BCUT2D eigenvalue weighted by Crippen LogP contribution is -2.06. The number of hydrogen-bond acceptors (Lipinski definition) is 0. The van der Waals surface area contributed by atoms with E-state index in [0.717, 1.165) is 6.42 Å². The van der Waals surface area contributed by atoms with E-state index in [1.165, 1.54) is 50.5 Å². The molecule has 4 rings (SSSR count). The molecule has 0 fully saturated rings. The second-order valence-corrected chi connectivity index (χ2v) is 8.85. The largest absolute Gasteiger partial charge is 0.313 e. The van der Waals surface area contributed by atoms with Gasteiger partial charge in [-0.3, -0.25) is 0 Å².